The fourth-order valence-corrected chi connectivity index (χ4v) is 3.97. The average Bonchev–Trinajstić information content (AvgIpc) is 3.21. The Morgan fingerprint density at radius 3 is 2.55 bits per heavy atom. The molecule has 9 nitrogen and oxygen atoms in total. The highest BCUT2D eigenvalue weighted by molar-refractivity contribution is 9.10. The lowest BCUT2D eigenvalue weighted by atomic mass is 10.1. The summed E-state index contributed by atoms with van der Waals surface area (Å²) in [6.07, 6.45) is 1.14. The van der Waals surface area contributed by atoms with Crippen LogP contribution in [0, 0.1) is 0 Å². The van der Waals surface area contributed by atoms with Gasteiger partial charge in [-0.05, 0) is 24.6 Å². The molecule has 152 valence electrons. The summed E-state index contributed by atoms with van der Waals surface area (Å²) in [5.41, 5.74) is 1.63. The number of fused-ring (bicyclic) bond motifs is 3. The van der Waals surface area contributed by atoms with Crippen molar-refractivity contribution in [3.05, 3.63) is 46.2 Å². The van der Waals surface area contributed by atoms with Crippen molar-refractivity contribution in [3.63, 3.8) is 0 Å². The van der Waals surface area contributed by atoms with Crippen LogP contribution >= 0.6 is 15.9 Å². The summed E-state index contributed by atoms with van der Waals surface area (Å²) in [6.45, 7) is 2.00. The van der Waals surface area contributed by atoms with E-state index in [-0.39, 0.29) is 19.0 Å². The highest BCUT2D eigenvalue weighted by atomic mass is 79.9. The van der Waals surface area contributed by atoms with Gasteiger partial charge in [-0.3, -0.25) is 14.5 Å². The molecule has 0 radical (unpaired) electrons. The van der Waals surface area contributed by atoms with E-state index in [2.05, 4.69) is 20.9 Å². The summed E-state index contributed by atoms with van der Waals surface area (Å²) in [5, 5.41) is 0. The lowest BCUT2D eigenvalue weighted by Gasteiger charge is -2.40. The molecule has 1 fully saturated rings. The summed E-state index contributed by atoms with van der Waals surface area (Å²) in [7, 11) is 2.95. The number of ether oxygens (including phenoxy) is 1. The number of allylic oxidation sites excluding steroid dienone is 1. The molecule has 1 aromatic rings. The van der Waals surface area contributed by atoms with Gasteiger partial charge in [0.15, 0.2) is 12.2 Å². The van der Waals surface area contributed by atoms with Crippen molar-refractivity contribution in [2.24, 2.45) is 4.99 Å². The van der Waals surface area contributed by atoms with Gasteiger partial charge in [0.1, 0.15) is 6.54 Å². The first-order valence-electron chi connectivity index (χ1n) is 9.03. The maximum Gasteiger partial charge on any atom is 0.328 e. The molecule has 4 rings (SSSR count). The smallest absolute Gasteiger partial charge is 0.328 e. The highest BCUT2D eigenvalue weighted by Crippen LogP contribution is 2.34. The van der Waals surface area contributed by atoms with Crippen molar-refractivity contribution in [1.29, 1.82) is 0 Å². The van der Waals surface area contributed by atoms with Gasteiger partial charge in [0.2, 0.25) is 5.96 Å². The largest absolute Gasteiger partial charge is 0.468 e. The average molecular weight is 462 g/mol. The normalized spacial score (nSPS) is 23.2. The Morgan fingerprint density at radius 1 is 1.21 bits per heavy atom. The third-order valence-corrected chi connectivity index (χ3v) is 5.80. The van der Waals surface area contributed by atoms with Crippen LogP contribution in [0.3, 0.4) is 0 Å². The second-order valence-corrected chi connectivity index (χ2v) is 7.99. The second kappa shape index (κ2) is 7.18. The number of halogens is 1. The summed E-state index contributed by atoms with van der Waals surface area (Å²) in [5.74, 6) is -0.255. The molecule has 0 aliphatic carbocycles. The Kier molecular flexibility index (Phi) is 4.81. The third kappa shape index (κ3) is 3.17. The monoisotopic (exact) mass is 461 g/mol. The van der Waals surface area contributed by atoms with Crippen molar-refractivity contribution < 1.29 is 19.1 Å². The Hall–Kier alpha value is -2.88. The van der Waals surface area contributed by atoms with Crippen LogP contribution < -0.4 is 0 Å². The zero-order chi connectivity index (χ0) is 20.9. The minimum absolute atomic E-state index is 0.0118. The van der Waals surface area contributed by atoms with Gasteiger partial charge in [-0.25, -0.2) is 9.79 Å². The summed E-state index contributed by atoms with van der Waals surface area (Å²) >= 11 is 3.38. The van der Waals surface area contributed by atoms with E-state index in [0.29, 0.717) is 5.96 Å². The molecule has 1 aromatic carbocycles. The molecule has 0 spiro atoms. The van der Waals surface area contributed by atoms with Crippen molar-refractivity contribution in [1.82, 2.24) is 19.6 Å². The number of hydrogen-bond donors (Lipinski definition) is 0. The Bertz CT molecular complexity index is 944. The van der Waals surface area contributed by atoms with Gasteiger partial charge in [0.05, 0.1) is 13.7 Å². The van der Waals surface area contributed by atoms with Crippen LogP contribution in [0.25, 0.3) is 0 Å². The first kappa shape index (κ1) is 19.4. The SMILES string of the molecule is COC(=O)CN1C(C)=CN2C1=NC1C2C(=O)N(Cc2ccc(Br)cc2)C(=O)N1C. The summed E-state index contributed by atoms with van der Waals surface area (Å²) in [6, 6.07) is 6.41. The minimum Gasteiger partial charge on any atom is -0.468 e. The zero-order valence-electron chi connectivity index (χ0n) is 16.2. The van der Waals surface area contributed by atoms with E-state index in [1.165, 1.54) is 16.9 Å². The molecule has 0 saturated carbocycles. The molecule has 3 aliphatic heterocycles. The molecule has 3 aliphatic rings. The van der Waals surface area contributed by atoms with E-state index in [0.717, 1.165) is 15.7 Å². The fourth-order valence-electron chi connectivity index (χ4n) is 3.71. The first-order chi connectivity index (χ1) is 13.8. The van der Waals surface area contributed by atoms with Crippen LogP contribution in [0.4, 0.5) is 4.79 Å². The van der Waals surface area contributed by atoms with Crippen LogP contribution in [0.15, 0.2) is 45.6 Å². The van der Waals surface area contributed by atoms with Gasteiger partial charge in [0, 0.05) is 23.4 Å². The van der Waals surface area contributed by atoms with E-state index in [4.69, 9.17) is 4.74 Å². The number of amides is 3. The summed E-state index contributed by atoms with van der Waals surface area (Å²) in [4.78, 5) is 48.6. The predicted octanol–water partition coefficient (Wildman–Crippen LogP) is 1.56. The number of aliphatic imine (C=N–C) groups is 1. The number of carbonyl (C=O) groups excluding carboxylic acids is 3. The Morgan fingerprint density at radius 2 is 1.90 bits per heavy atom. The highest BCUT2D eigenvalue weighted by Gasteiger charge is 2.54. The summed E-state index contributed by atoms with van der Waals surface area (Å²) < 4.78 is 5.68. The van der Waals surface area contributed by atoms with Gasteiger partial charge in [-0.2, -0.15) is 0 Å². The number of likely N-dealkylation sites (N-methyl/N-ethyl adjacent to an activating group) is 1. The number of esters is 1. The van der Waals surface area contributed by atoms with Gasteiger partial charge in [-0.15, -0.1) is 0 Å². The van der Waals surface area contributed by atoms with E-state index in [1.807, 2.05) is 31.2 Å². The molecule has 10 heteroatoms. The number of hydrogen-bond acceptors (Lipinski definition) is 7. The standard InChI is InChI=1S/C19H20BrN5O4/c1-11-8-24-15-16(21-18(24)23(11)10-14(26)29-3)22(2)19(28)25(17(15)27)9-12-4-6-13(20)7-5-12/h4-8,15-16H,9-10H2,1-3H3. The van der Waals surface area contributed by atoms with Crippen molar-refractivity contribution in [2.75, 3.05) is 20.7 Å². The molecular weight excluding hydrogens is 442 g/mol. The fraction of sp³-hybridized carbons (Fsp3) is 0.368. The van der Waals surface area contributed by atoms with Crippen molar-refractivity contribution in [2.45, 2.75) is 25.7 Å². The van der Waals surface area contributed by atoms with Crippen LogP contribution in [-0.4, -0.2) is 76.4 Å². The maximum absolute atomic E-state index is 13.3. The van der Waals surface area contributed by atoms with Gasteiger partial charge < -0.3 is 19.4 Å². The van der Waals surface area contributed by atoms with Crippen molar-refractivity contribution in [3.8, 4) is 0 Å². The maximum atomic E-state index is 13.3. The Labute approximate surface area is 176 Å². The molecule has 0 N–H and O–H groups in total. The molecule has 1 saturated heterocycles. The molecule has 2 atom stereocenters. The molecular formula is C19H20BrN5O4. The molecule has 2 unspecified atom stereocenters. The number of carbonyl (C=O) groups is 3. The van der Waals surface area contributed by atoms with E-state index in [9.17, 15) is 14.4 Å². The molecule has 29 heavy (non-hydrogen) atoms. The third-order valence-electron chi connectivity index (χ3n) is 5.27. The van der Waals surface area contributed by atoms with E-state index < -0.39 is 24.2 Å². The van der Waals surface area contributed by atoms with Crippen LogP contribution in [-0.2, 0) is 20.9 Å². The number of nitrogens with zero attached hydrogens (tertiary/aromatic N) is 5. The minimum atomic E-state index is -0.666. The van der Waals surface area contributed by atoms with Gasteiger partial charge in [-0.1, -0.05) is 28.1 Å². The van der Waals surface area contributed by atoms with Crippen molar-refractivity contribution >= 4 is 39.8 Å². The number of benzene rings is 1. The van der Waals surface area contributed by atoms with Gasteiger partial charge >= 0.3 is 12.0 Å². The topological polar surface area (TPSA) is 85.8 Å². The second-order valence-electron chi connectivity index (χ2n) is 7.07. The number of rotatable bonds is 4. The number of methoxy groups -OCH3 is 1. The molecule has 3 amide bonds. The quantitative estimate of drug-likeness (QED) is 0.632. The Balaban J connectivity index is 1.61. The number of urea groups is 1. The van der Waals surface area contributed by atoms with Gasteiger partial charge in [0.25, 0.3) is 5.91 Å². The first-order valence-corrected chi connectivity index (χ1v) is 9.82. The van der Waals surface area contributed by atoms with Crippen LogP contribution in [0.1, 0.15) is 12.5 Å². The number of imide groups is 1. The predicted molar refractivity (Wildman–Crippen MR) is 107 cm³/mol. The van der Waals surface area contributed by atoms with Crippen LogP contribution in [0.5, 0.6) is 0 Å². The van der Waals surface area contributed by atoms with E-state index in [1.54, 1.807) is 23.0 Å². The molecule has 0 aromatic heterocycles. The zero-order valence-corrected chi connectivity index (χ0v) is 17.8. The van der Waals surface area contributed by atoms with E-state index >= 15 is 0 Å². The lowest BCUT2D eigenvalue weighted by Crippen LogP contribution is -2.63. The molecule has 3 heterocycles. The molecule has 0 bridgehead atoms. The van der Waals surface area contributed by atoms with Crippen LogP contribution in [0.2, 0.25) is 0 Å². The number of guanidine groups is 1. The lowest BCUT2D eigenvalue weighted by molar-refractivity contribution is -0.140.